The Morgan fingerprint density at radius 2 is 1.83 bits per heavy atom. The average molecular weight is 311 g/mol. The molecule has 0 heterocycles. The molecule has 1 N–H and O–H groups in total. The van der Waals surface area contributed by atoms with Gasteiger partial charge in [-0.1, -0.05) is 23.2 Å². The minimum atomic E-state index is -0.531. The molecule has 0 radical (unpaired) electrons. The number of hydrogen-bond donors (Lipinski definition) is 1. The predicted molar refractivity (Wildman–Crippen MR) is 71.8 cm³/mol. The van der Waals surface area contributed by atoms with E-state index in [2.05, 4.69) is 5.32 Å². The van der Waals surface area contributed by atoms with Crippen molar-refractivity contribution in [2.45, 2.75) is 6.92 Å². The van der Waals surface area contributed by atoms with Gasteiger partial charge in [0.15, 0.2) is 0 Å². The van der Waals surface area contributed by atoms with Crippen LogP contribution in [-0.2, 0) is 9.53 Å². The zero-order valence-electron chi connectivity index (χ0n) is 9.43. The Kier molecular flexibility index (Phi) is 5.72. The van der Waals surface area contributed by atoms with E-state index < -0.39 is 11.9 Å². The normalized spacial score (nSPS) is 10.0. The van der Waals surface area contributed by atoms with Crippen LogP contribution in [0.5, 0.6) is 0 Å². The number of halogens is 3. The van der Waals surface area contributed by atoms with Gasteiger partial charge in [-0.3, -0.25) is 4.79 Å². The highest BCUT2D eigenvalue weighted by atomic mass is 35.5. The van der Waals surface area contributed by atoms with Gasteiger partial charge in [-0.05, 0) is 19.1 Å². The topological polar surface area (TPSA) is 55.4 Å². The fourth-order valence-corrected chi connectivity index (χ4v) is 1.85. The number of ether oxygens (including phenoxy) is 1. The van der Waals surface area contributed by atoms with Crippen molar-refractivity contribution < 1.29 is 14.3 Å². The van der Waals surface area contributed by atoms with Crippen LogP contribution < -0.4 is 5.32 Å². The van der Waals surface area contributed by atoms with Gasteiger partial charge in [0.2, 0.25) is 5.91 Å². The second-order valence-corrected chi connectivity index (χ2v) is 4.30. The fraction of sp³-hybridized carbons (Fsp3) is 0.273. The maximum Gasteiger partial charge on any atom is 0.338 e. The Labute approximate surface area is 119 Å². The number of hydrogen-bond acceptors (Lipinski definition) is 3. The molecule has 1 rings (SSSR count). The molecular weight excluding hydrogens is 300 g/mol. The van der Waals surface area contributed by atoms with Crippen LogP contribution in [-0.4, -0.2) is 24.4 Å². The van der Waals surface area contributed by atoms with Gasteiger partial charge in [0.05, 0.1) is 27.9 Å². The predicted octanol–water partition coefficient (Wildman–Crippen LogP) is 3.35. The lowest BCUT2D eigenvalue weighted by Gasteiger charge is -2.10. The van der Waals surface area contributed by atoms with Crippen molar-refractivity contribution in [2.75, 3.05) is 17.8 Å². The standard InChI is InChI=1S/C11H10Cl3NO3/c1-2-18-11(17)6-3-7(13)10(8(14)4-6)15-9(16)5-12/h3-4H,2,5H2,1H3,(H,15,16). The molecule has 0 aliphatic rings. The van der Waals surface area contributed by atoms with Crippen LogP contribution >= 0.6 is 34.8 Å². The van der Waals surface area contributed by atoms with Gasteiger partial charge in [0, 0.05) is 0 Å². The molecular formula is C11H10Cl3NO3. The molecule has 1 aromatic rings. The first-order chi connectivity index (χ1) is 8.49. The Bertz CT molecular complexity index is 454. The number of amides is 1. The van der Waals surface area contributed by atoms with Crippen LogP contribution in [0, 0.1) is 0 Å². The maximum absolute atomic E-state index is 11.5. The molecule has 0 fully saturated rings. The number of anilines is 1. The van der Waals surface area contributed by atoms with E-state index in [1.54, 1.807) is 6.92 Å². The van der Waals surface area contributed by atoms with Crippen LogP contribution in [0.4, 0.5) is 5.69 Å². The summed E-state index contributed by atoms with van der Waals surface area (Å²) in [6, 6.07) is 2.74. The number of nitrogens with one attached hydrogen (secondary N) is 1. The molecule has 98 valence electrons. The average Bonchev–Trinajstić information content (AvgIpc) is 2.33. The summed E-state index contributed by atoms with van der Waals surface area (Å²) in [4.78, 5) is 22.6. The molecule has 0 bridgehead atoms. The van der Waals surface area contributed by atoms with Crippen LogP contribution in [0.3, 0.4) is 0 Å². The molecule has 1 aromatic carbocycles. The lowest BCUT2D eigenvalue weighted by molar-refractivity contribution is -0.113. The zero-order chi connectivity index (χ0) is 13.7. The SMILES string of the molecule is CCOC(=O)c1cc(Cl)c(NC(=O)CCl)c(Cl)c1. The van der Waals surface area contributed by atoms with Crippen molar-refractivity contribution in [2.24, 2.45) is 0 Å². The van der Waals surface area contributed by atoms with Gasteiger partial charge in [0.1, 0.15) is 5.88 Å². The van der Waals surface area contributed by atoms with Gasteiger partial charge in [0.25, 0.3) is 0 Å². The van der Waals surface area contributed by atoms with Crippen LogP contribution in [0.2, 0.25) is 10.0 Å². The quantitative estimate of drug-likeness (QED) is 0.685. The van der Waals surface area contributed by atoms with Crippen molar-refractivity contribution in [3.63, 3.8) is 0 Å². The van der Waals surface area contributed by atoms with Crippen molar-refractivity contribution in [1.29, 1.82) is 0 Å². The molecule has 0 atom stereocenters. The van der Waals surface area contributed by atoms with Gasteiger partial charge < -0.3 is 10.1 Å². The van der Waals surface area contributed by atoms with Crippen LogP contribution in [0.25, 0.3) is 0 Å². The van der Waals surface area contributed by atoms with E-state index in [0.29, 0.717) is 0 Å². The maximum atomic E-state index is 11.5. The first-order valence-electron chi connectivity index (χ1n) is 5.01. The van der Waals surface area contributed by atoms with E-state index >= 15 is 0 Å². The van der Waals surface area contributed by atoms with Gasteiger partial charge in [-0.25, -0.2) is 4.79 Å². The third kappa shape index (κ3) is 3.77. The summed E-state index contributed by atoms with van der Waals surface area (Å²) in [5.41, 5.74) is 0.438. The summed E-state index contributed by atoms with van der Waals surface area (Å²) >= 11 is 17.2. The number of rotatable bonds is 4. The Balaban J connectivity index is 3.04. The van der Waals surface area contributed by atoms with Crippen molar-refractivity contribution in [1.82, 2.24) is 0 Å². The van der Waals surface area contributed by atoms with Gasteiger partial charge in [-0.2, -0.15) is 0 Å². The van der Waals surface area contributed by atoms with E-state index in [-0.39, 0.29) is 33.8 Å². The molecule has 0 unspecified atom stereocenters. The van der Waals surface area contributed by atoms with Crippen molar-refractivity contribution in [3.8, 4) is 0 Å². The minimum absolute atomic E-state index is 0.143. The number of esters is 1. The molecule has 7 heteroatoms. The number of carbonyl (C=O) groups excluding carboxylic acids is 2. The van der Waals surface area contributed by atoms with E-state index in [4.69, 9.17) is 39.5 Å². The summed E-state index contributed by atoms with van der Waals surface area (Å²) < 4.78 is 4.82. The molecule has 0 saturated carbocycles. The largest absolute Gasteiger partial charge is 0.462 e. The van der Waals surface area contributed by atoms with Crippen LogP contribution in [0.15, 0.2) is 12.1 Å². The fourth-order valence-electron chi connectivity index (χ4n) is 1.20. The second kappa shape index (κ2) is 6.83. The summed E-state index contributed by atoms with van der Waals surface area (Å²) in [6.45, 7) is 1.94. The first kappa shape index (κ1) is 15.1. The lowest BCUT2D eigenvalue weighted by Crippen LogP contribution is -2.14. The number of benzene rings is 1. The monoisotopic (exact) mass is 309 g/mol. The Hall–Kier alpha value is -0.970. The third-order valence-corrected chi connectivity index (χ3v) is 2.78. The molecule has 0 aromatic heterocycles. The highest BCUT2D eigenvalue weighted by Gasteiger charge is 2.15. The molecule has 0 saturated heterocycles. The summed E-state index contributed by atoms with van der Waals surface area (Å²) in [5, 5.41) is 2.72. The molecule has 4 nitrogen and oxygen atoms in total. The minimum Gasteiger partial charge on any atom is -0.462 e. The molecule has 0 spiro atoms. The highest BCUT2D eigenvalue weighted by molar-refractivity contribution is 6.40. The van der Waals surface area contributed by atoms with E-state index in [1.807, 2.05) is 0 Å². The lowest BCUT2D eigenvalue weighted by atomic mass is 10.2. The van der Waals surface area contributed by atoms with E-state index in [9.17, 15) is 9.59 Å². The van der Waals surface area contributed by atoms with Crippen molar-refractivity contribution in [3.05, 3.63) is 27.7 Å². The summed E-state index contributed by atoms with van der Waals surface area (Å²) in [7, 11) is 0. The second-order valence-electron chi connectivity index (χ2n) is 3.22. The molecule has 0 aliphatic carbocycles. The summed E-state index contributed by atoms with van der Waals surface area (Å²) in [5.74, 6) is -1.19. The molecule has 18 heavy (non-hydrogen) atoms. The summed E-state index contributed by atoms with van der Waals surface area (Å²) in [6.07, 6.45) is 0. The van der Waals surface area contributed by atoms with E-state index in [1.165, 1.54) is 12.1 Å². The van der Waals surface area contributed by atoms with Gasteiger partial charge in [-0.15, -0.1) is 11.6 Å². The molecule has 0 aliphatic heterocycles. The third-order valence-electron chi connectivity index (χ3n) is 1.94. The Morgan fingerprint density at radius 3 is 2.28 bits per heavy atom. The molecule has 1 amide bonds. The Morgan fingerprint density at radius 1 is 1.28 bits per heavy atom. The zero-order valence-corrected chi connectivity index (χ0v) is 11.7. The van der Waals surface area contributed by atoms with Crippen LogP contribution in [0.1, 0.15) is 17.3 Å². The van der Waals surface area contributed by atoms with E-state index in [0.717, 1.165) is 0 Å². The smallest absolute Gasteiger partial charge is 0.338 e. The van der Waals surface area contributed by atoms with Crippen molar-refractivity contribution >= 4 is 52.4 Å². The van der Waals surface area contributed by atoms with Gasteiger partial charge >= 0.3 is 5.97 Å². The highest BCUT2D eigenvalue weighted by Crippen LogP contribution is 2.32. The number of alkyl halides is 1. The number of carbonyl (C=O) groups is 2. The first-order valence-corrected chi connectivity index (χ1v) is 6.30.